The molecule has 0 unspecified atom stereocenters. The van der Waals surface area contributed by atoms with Crippen molar-refractivity contribution in [2.24, 2.45) is 0 Å². The molecule has 6 nitrogen and oxygen atoms in total. The molecular weight excluding hydrogens is 445 g/mol. The highest BCUT2D eigenvalue weighted by Gasteiger charge is 2.34. The van der Waals surface area contributed by atoms with Crippen LogP contribution in [0.4, 0.5) is 19.0 Å². The lowest BCUT2D eigenvalue weighted by molar-refractivity contribution is -0.137. The van der Waals surface area contributed by atoms with Crippen LogP contribution in [0.1, 0.15) is 48.9 Å². The third kappa shape index (κ3) is 5.02. The van der Waals surface area contributed by atoms with E-state index < -0.39 is 11.7 Å². The van der Waals surface area contributed by atoms with Crippen LogP contribution in [0, 0.1) is 11.3 Å². The first-order valence-corrected chi connectivity index (χ1v) is 11.4. The summed E-state index contributed by atoms with van der Waals surface area (Å²) in [6.07, 6.45) is -2.15. The Balaban J connectivity index is 1.62. The summed E-state index contributed by atoms with van der Waals surface area (Å²) in [5, 5.41) is 9.88. The van der Waals surface area contributed by atoms with Gasteiger partial charge in [-0.3, -0.25) is 4.79 Å². The molecule has 1 atom stereocenters. The van der Waals surface area contributed by atoms with Crippen molar-refractivity contribution >= 4 is 11.7 Å². The van der Waals surface area contributed by atoms with Crippen molar-refractivity contribution in [2.75, 3.05) is 38.3 Å². The number of aromatic nitrogens is 1. The monoisotopic (exact) mass is 472 g/mol. The number of amides is 1. The summed E-state index contributed by atoms with van der Waals surface area (Å²) in [5.74, 6) is 0.854. The van der Waals surface area contributed by atoms with Crippen molar-refractivity contribution in [3.05, 3.63) is 47.2 Å². The number of carbonyl (C=O) groups is 1. The molecule has 1 aromatic carbocycles. The van der Waals surface area contributed by atoms with Gasteiger partial charge in [-0.1, -0.05) is 12.1 Å². The van der Waals surface area contributed by atoms with Gasteiger partial charge in [0.2, 0.25) is 5.91 Å². The minimum absolute atomic E-state index is 0.0405. The number of nitriles is 1. The molecule has 9 heteroatoms. The molecule has 1 aliphatic carbocycles. The number of ether oxygens (including phenoxy) is 1. The summed E-state index contributed by atoms with van der Waals surface area (Å²) >= 11 is 0. The number of methoxy groups -OCH3 is 1. The Morgan fingerprint density at radius 3 is 2.50 bits per heavy atom. The molecule has 0 bridgehead atoms. The molecule has 2 fully saturated rings. The van der Waals surface area contributed by atoms with Gasteiger partial charge in [0.1, 0.15) is 11.9 Å². The van der Waals surface area contributed by atoms with Gasteiger partial charge < -0.3 is 14.5 Å². The van der Waals surface area contributed by atoms with E-state index >= 15 is 0 Å². The van der Waals surface area contributed by atoms with Crippen LogP contribution in [0.3, 0.4) is 0 Å². The molecule has 2 aromatic rings. The number of benzene rings is 1. The second-order valence-corrected chi connectivity index (χ2v) is 8.88. The molecule has 1 aromatic heterocycles. The van der Waals surface area contributed by atoms with Gasteiger partial charge in [-0.15, -0.1) is 0 Å². The van der Waals surface area contributed by atoms with Crippen molar-refractivity contribution in [3.63, 3.8) is 0 Å². The lowest BCUT2D eigenvalue weighted by atomic mass is 9.98. The molecule has 0 N–H and O–H groups in total. The molecule has 0 radical (unpaired) electrons. The fraction of sp³-hybridized carbons (Fsp3) is 0.480. The average Bonchev–Trinajstić information content (AvgIpc) is 3.66. The summed E-state index contributed by atoms with van der Waals surface area (Å²) in [6.45, 7) is 3.97. The number of hydrogen-bond donors (Lipinski definition) is 0. The van der Waals surface area contributed by atoms with E-state index in [1.54, 1.807) is 13.2 Å². The lowest BCUT2D eigenvalue weighted by Crippen LogP contribution is -2.54. The quantitative estimate of drug-likeness (QED) is 0.615. The van der Waals surface area contributed by atoms with Gasteiger partial charge >= 0.3 is 6.18 Å². The Bertz CT molecular complexity index is 1090. The number of halogens is 3. The maximum absolute atomic E-state index is 13.0. The Kier molecular flexibility index (Phi) is 6.80. The van der Waals surface area contributed by atoms with E-state index in [0.717, 1.165) is 30.7 Å². The van der Waals surface area contributed by atoms with E-state index in [1.165, 1.54) is 12.1 Å². The van der Waals surface area contributed by atoms with Crippen LogP contribution in [0.5, 0.6) is 0 Å². The highest BCUT2D eigenvalue weighted by molar-refractivity contribution is 5.77. The minimum atomic E-state index is -4.40. The molecule has 1 amide bonds. The van der Waals surface area contributed by atoms with Crippen LogP contribution in [-0.2, 0) is 15.7 Å². The second-order valence-electron chi connectivity index (χ2n) is 8.88. The van der Waals surface area contributed by atoms with Crippen LogP contribution in [0.25, 0.3) is 11.1 Å². The van der Waals surface area contributed by atoms with Crippen LogP contribution in [0.15, 0.2) is 30.3 Å². The van der Waals surface area contributed by atoms with E-state index in [9.17, 15) is 23.2 Å². The number of hydrogen-bond acceptors (Lipinski definition) is 5. The van der Waals surface area contributed by atoms with Gasteiger partial charge in [-0.05, 0) is 43.5 Å². The zero-order chi connectivity index (χ0) is 24.5. The van der Waals surface area contributed by atoms with E-state index in [4.69, 9.17) is 9.72 Å². The predicted octanol–water partition coefficient (Wildman–Crippen LogP) is 4.59. The smallest absolute Gasteiger partial charge is 0.384 e. The maximum Gasteiger partial charge on any atom is 0.416 e. The molecular formula is C25H27F3N4O2. The number of rotatable bonds is 6. The summed E-state index contributed by atoms with van der Waals surface area (Å²) in [4.78, 5) is 21.2. The number of nitrogens with zero attached hydrogens (tertiary/aromatic N) is 4. The van der Waals surface area contributed by atoms with Gasteiger partial charge in [-0.2, -0.15) is 18.4 Å². The zero-order valence-electron chi connectivity index (χ0n) is 19.2. The molecule has 2 heterocycles. The number of anilines is 1. The number of piperazine rings is 1. The summed E-state index contributed by atoms with van der Waals surface area (Å²) < 4.78 is 44.0. The van der Waals surface area contributed by atoms with Crippen LogP contribution in [0.2, 0.25) is 0 Å². The van der Waals surface area contributed by atoms with Gasteiger partial charge in [0, 0.05) is 44.3 Å². The predicted molar refractivity (Wildman–Crippen MR) is 121 cm³/mol. The van der Waals surface area contributed by atoms with Crippen LogP contribution in [-0.4, -0.2) is 55.2 Å². The third-order valence-electron chi connectivity index (χ3n) is 6.41. The van der Waals surface area contributed by atoms with Crippen molar-refractivity contribution in [1.29, 1.82) is 5.26 Å². The normalized spacial score (nSPS) is 18.6. The summed E-state index contributed by atoms with van der Waals surface area (Å²) in [6, 6.07) is 8.93. The van der Waals surface area contributed by atoms with E-state index in [-0.39, 0.29) is 17.9 Å². The number of carbonyl (C=O) groups excluding carboxylic acids is 1. The van der Waals surface area contributed by atoms with Crippen molar-refractivity contribution in [3.8, 4) is 17.2 Å². The first-order valence-electron chi connectivity index (χ1n) is 11.4. The Labute approximate surface area is 196 Å². The Morgan fingerprint density at radius 1 is 1.24 bits per heavy atom. The zero-order valence-corrected chi connectivity index (χ0v) is 19.2. The first-order chi connectivity index (χ1) is 16.2. The van der Waals surface area contributed by atoms with E-state index in [0.29, 0.717) is 55.2 Å². The Morgan fingerprint density at radius 2 is 1.94 bits per heavy atom. The fourth-order valence-electron chi connectivity index (χ4n) is 4.43. The van der Waals surface area contributed by atoms with Gasteiger partial charge in [-0.25, -0.2) is 4.98 Å². The summed E-state index contributed by atoms with van der Waals surface area (Å²) in [5.41, 5.74) is 1.82. The third-order valence-corrected chi connectivity index (χ3v) is 6.41. The highest BCUT2D eigenvalue weighted by Crippen LogP contribution is 2.45. The Hall–Kier alpha value is -3.12. The van der Waals surface area contributed by atoms with E-state index in [1.807, 2.05) is 16.7 Å². The topological polar surface area (TPSA) is 69.5 Å². The van der Waals surface area contributed by atoms with Crippen molar-refractivity contribution in [1.82, 2.24) is 9.88 Å². The van der Waals surface area contributed by atoms with E-state index in [2.05, 4.69) is 6.07 Å². The SMILES string of the molecule is COCCC(=O)N1CCN(c2nc(C3CC3)c(-c3ccc(C(F)(F)F)cc3)cc2C#N)C[C@H]1C. The highest BCUT2D eigenvalue weighted by atomic mass is 19.4. The number of pyridine rings is 1. The number of alkyl halides is 3. The average molecular weight is 473 g/mol. The molecule has 0 spiro atoms. The van der Waals surface area contributed by atoms with Gasteiger partial charge in [0.25, 0.3) is 0 Å². The van der Waals surface area contributed by atoms with Gasteiger partial charge in [0.15, 0.2) is 0 Å². The standard InChI is InChI=1S/C25H27F3N4O2/c1-16-15-31(10-11-32(16)22(33)9-12-34-2)24-19(14-29)13-21(23(30-24)18-3-4-18)17-5-7-20(8-6-17)25(26,27)28/h5-8,13,16,18H,3-4,9-12,15H2,1-2H3/t16-/m1/s1. The van der Waals surface area contributed by atoms with Crippen molar-refractivity contribution in [2.45, 2.75) is 44.3 Å². The molecule has 1 saturated carbocycles. The van der Waals surface area contributed by atoms with Crippen molar-refractivity contribution < 1.29 is 22.7 Å². The molecule has 2 aliphatic rings. The van der Waals surface area contributed by atoms with Crippen LogP contribution < -0.4 is 4.90 Å². The minimum Gasteiger partial charge on any atom is -0.384 e. The maximum atomic E-state index is 13.0. The molecule has 1 saturated heterocycles. The summed E-state index contributed by atoms with van der Waals surface area (Å²) in [7, 11) is 1.57. The fourth-order valence-corrected chi connectivity index (χ4v) is 4.43. The molecule has 1 aliphatic heterocycles. The first kappa shape index (κ1) is 24.0. The largest absolute Gasteiger partial charge is 0.416 e. The lowest BCUT2D eigenvalue weighted by Gasteiger charge is -2.41. The second kappa shape index (κ2) is 9.63. The van der Waals surface area contributed by atoms with Crippen LogP contribution >= 0.6 is 0 Å². The molecule has 180 valence electrons. The molecule has 34 heavy (non-hydrogen) atoms. The molecule has 4 rings (SSSR count). The van der Waals surface area contributed by atoms with Gasteiger partial charge in [0.05, 0.1) is 29.8 Å².